The lowest BCUT2D eigenvalue weighted by atomic mass is 9.82. The molecule has 3 unspecified atom stereocenters. The van der Waals surface area contributed by atoms with Crippen LogP contribution in [0.4, 0.5) is 0 Å². The molecule has 0 aliphatic carbocycles. The van der Waals surface area contributed by atoms with Crippen LogP contribution in [0.25, 0.3) is 0 Å². The third-order valence-corrected chi connectivity index (χ3v) is 11.2. The van der Waals surface area contributed by atoms with E-state index in [0.29, 0.717) is 12.0 Å². The number of ether oxygens (including phenoxy) is 1. The van der Waals surface area contributed by atoms with E-state index in [1.54, 1.807) is 0 Å². The first kappa shape index (κ1) is 21.9. The van der Waals surface area contributed by atoms with Crippen LogP contribution < -0.4 is 15.6 Å². The minimum atomic E-state index is -3.13. The molecule has 4 aromatic carbocycles. The molecule has 4 aromatic rings. The molecule has 2 heterocycles. The van der Waals surface area contributed by atoms with Crippen molar-refractivity contribution in [2.45, 2.75) is 24.2 Å². The van der Waals surface area contributed by atoms with E-state index >= 15 is 0 Å². The standard InChI is InChI=1S/C31H26O3Si/c32-30(24-13-5-1-6-14-24)31(23-25-21-22-29(31)33-25)34-35(26-15-7-2-8-16-26,27-17-9-3-10-18-27)28-19-11-4-12-20-28/h1-22,25,29H,23H2. The molecule has 4 heteroatoms. The topological polar surface area (TPSA) is 35.5 Å². The third kappa shape index (κ3) is 3.62. The molecule has 3 atom stereocenters. The highest BCUT2D eigenvalue weighted by Gasteiger charge is 2.60. The summed E-state index contributed by atoms with van der Waals surface area (Å²) in [6.45, 7) is 0. The number of hydrogen-bond acceptors (Lipinski definition) is 3. The van der Waals surface area contributed by atoms with Gasteiger partial charge >= 0.3 is 0 Å². The first-order valence-corrected chi connectivity index (χ1v) is 13.9. The van der Waals surface area contributed by atoms with Gasteiger partial charge in [-0.3, -0.25) is 4.79 Å². The monoisotopic (exact) mass is 474 g/mol. The minimum Gasteiger partial charge on any atom is -0.388 e. The normalized spacial score (nSPS) is 22.9. The van der Waals surface area contributed by atoms with Crippen molar-refractivity contribution in [2.24, 2.45) is 0 Å². The zero-order valence-electron chi connectivity index (χ0n) is 19.3. The van der Waals surface area contributed by atoms with E-state index in [0.717, 1.165) is 15.6 Å². The second-order valence-corrected chi connectivity index (χ2v) is 12.4. The van der Waals surface area contributed by atoms with Crippen molar-refractivity contribution < 1.29 is 14.0 Å². The van der Waals surface area contributed by atoms with Gasteiger partial charge in [-0.2, -0.15) is 0 Å². The van der Waals surface area contributed by atoms with Gasteiger partial charge in [0, 0.05) is 12.0 Å². The molecule has 0 radical (unpaired) electrons. The van der Waals surface area contributed by atoms with Crippen LogP contribution in [0.3, 0.4) is 0 Å². The molecular formula is C31H26O3Si. The van der Waals surface area contributed by atoms with Crippen molar-refractivity contribution >= 4 is 29.7 Å². The van der Waals surface area contributed by atoms with Gasteiger partial charge in [-0.1, -0.05) is 133 Å². The lowest BCUT2D eigenvalue weighted by molar-refractivity contribution is 0.0125. The van der Waals surface area contributed by atoms with Crippen LogP contribution in [0.1, 0.15) is 16.8 Å². The van der Waals surface area contributed by atoms with Gasteiger partial charge in [-0.15, -0.1) is 0 Å². The number of carbonyl (C=O) groups is 1. The van der Waals surface area contributed by atoms with E-state index in [1.807, 2.05) is 54.6 Å². The maximum Gasteiger partial charge on any atom is 0.289 e. The lowest BCUT2D eigenvalue weighted by Gasteiger charge is -2.43. The Balaban J connectivity index is 1.61. The Morgan fingerprint density at radius 2 is 1.14 bits per heavy atom. The molecule has 0 spiro atoms. The van der Waals surface area contributed by atoms with Crippen molar-refractivity contribution in [3.8, 4) is 0 Å². The van der Waals surface area contributed by atoms with E-state index in [1.165, 1.54) is 0 Å². The van der Waals surface area contributed by atoms with Crippen LogP contribution in [0, 0.1) is 0 Å². The minimum absolute atomic E-state index is 0.0189. The highest BCUT2D eigenvalue weighted by Crippen LogP contribution is 2.43. The van der Waals surface area contributed by atoms with Crippen LogP contribution in [-0.4, -0.2) is 31.9 Å². The summed E-state index contributed by atoms with van der Waals surface area (Å²) in [4.78, 5) is 14.3. The molecule has 35 heavy (non-hydrogen) atoms. The number of benzene rings is 4. The number of carbonyl (C=O) groups excluding carboxylic acids is 1. The number of rotatable bonds is 7. The quantitative estimate of drug-likeness (QED) is 0.176. The van der Waals surface area contributed by atoms with E-state index in [9.17, 15) is 4.79 Å². The van der Waals surface area contributed by atoms with Gasteiger partial charge in [0.2, 0.25) is 0 Å². The van der Waals surface area contributed by atoms with Gasteiger partial charge in [-0.05, 0) is 15.6 Å². The van der Waals surface area contributed by atoms with Crippen molar-refractivity contribution in [3.63, 3.8) is 0 Å². The van der Waals surface area contributed by atoms with E-state index in [2.05, 4.69) is 78.9 Å². The predicted octanol–water partition coefficient (Wildman–Crippen LogP) is 4.02. The van der Waals surface area contributed by atoms with Crippen molar-refractivity contribution in [1.82, 2.24) is 0 Å². The van der Waals surface area contributed by atoms with Gasteiger partial charge in [0.1, 0.15) is 6.10 Å². The highest BCUT2D eigenvalue weighted by molar-refractivity contribution is 7.07. The van der Waals surface area contributed by atoms with Crippen LogP contribution >= 0.6 is 0 Å². The molecule has 0 aromatic heterocycles. The fourth-order valence-corrected chi connectivity index (χ4v) is 9.65. The lowest BCUT2D eigenvalue weighted by Crippen LogP contribution is -2.74. The van der Waals surface area contributed by atoms with Gasteiger partial charge in [-0.25, -0.2) is 0 Å². The molecule has 1 fully saturated rings. The molecule has 2 bridgehead atoms. The van der Waals surface area contributed by atoms with Crippen LogP contribution in [0.15, 0.2) is 133 Å². The first-order valence-electron chi connectivity index (χ1n) is 12.0. The van der Waals surface area contributed by atoms with Crippen LogP contribution in [0.5, 0.6) is 0 Å². The zero-order valence-corrected chi connectivity index (χ0v) is 20.3. The van der Waals surface area contributed by atoms with Crippen molar-refractivity contribution in [2.75, 3.05) is 0 Å². The molecule has 1 saturated heterocycles. The average molecular weight is 475 g/mol. The van der Waals surface area contributed by atoms with Crippen molar-refractivity contribution in [3.05, 3.63) is 139 Å². The van der Waals surface area contributed by atoms with Gasteiger partial charge in [0.25, 0.3) is 8.32 Å². The molecular weight excluding hydrogens is 448 g/mol. The van der Waals surface area contributed by atoms with Crippen LogP contribution in [-0.2, 0) is 9.16 Å². The molecule has 0 saturated carbocycles. The average Bonchev–Trinajstić information content (AvgIpc) is 3.55. The summed E-state index contributed by atoms with van der Waals surface area (Å²) in [6, 6.07) is 40.7. The summed E-state index contributed by atoms with van der Waals surface area (Å²) in [6.07, 6.45) is 4.02. The second-order valence-electron chi connectivity index (χ2n) is 9.15. The number of Topliss-reactive ketones (excluding diaryl/α,β-unsaturated/α-hetero) is 1. The first-order chi connectivity index (χ1) is 17.2. The Labute approximate surface area is 206 Å². The Morgan fingerprint density at radius 3 is 1.54 bits per heavy atom. The largest absolute Gasteiger partial charge is 0.388 e. The predicted molar refractivity (Wildman–Crippen MR) is 141 cm³/mol. The highest BCUT2D eigenvalue weighted by atomic mass is 28.4. The molecule has 0 N–H and O–H groups in total. The Morgan fingerprint density at radius 1 is 0.686 bits per heavy atom. The summed E-state index contributed by atoms with van der Waals surface area (Å²) in [7, 11) is -3.13. The van der Waals surface area contributed by atoms with Crippen molar-refractivity contribution in [1.29, 1.82) is 0 Å². The van der Waals surface area contributed by atoms with Crippen LogP contribution in [0.2, 0.25) is 0 Å². The summed E-state index contributed by atoms with van der Waals surface area (Å²) in [5.41, 5.74) is -0.469. The summed E-state index contributed by atoms with van der Waals surface area (Å²) < 4.78 is 13.8. The Kier molecular flexibility index (Phi) is 5.57. The molecule has 3 nitrogen and oxygen atoms in total. The van der Waals surface area contributed by atoms with E-state index in [4.69, 9.17) is 9.16 Å². The fraction of sp³-hybridized carbons (Fsp3) is 0.129. The van der Waals surface area contributed by atoms with Gasteiger partial charge < -0.3 is 9.16 Å². The number of fused-ring (bicyclic) bond motifs is 2. The molecule has 0 amide bonds. The summed E-state index contributed by atoms with van der Waals surface area (Å²) in [5.74, 6) is -0.0189. The molecule has 2 aliphatic heterocycles. The SMILES string of the molecule is O=C(c1ccccc1)C1(O[Si](c2ccccc2)(c2ccccc2)c2ccccc2)CC2C=CC1O2. The summed E-state index contributed by atoms with van der Waals surface area (Å²) in [5, 5.41) is 3.30. The zero-order chi connectivity index (χ0) is 23.7. The molecule has 6 rings (SSSR count). The number of hydrogen-bond donors (Lipinski definition) is 0. The maximum absolute atomic E-state index is 14.3. The Bertz CT molecular complexity index is 1240. The maximum atomic E-state index is 14.3. The number of ketones is 1. The van der Waals surface area contributed by atoms with Gasteiger partial charge in [0.05, 0.1) is 6.10 Å². The Hall–Kier alpha value is -3.57. The van der Waals surface area contributed by atoms with E-state index in [-0.39, 0.29) is 11.9 Å². The third-order valence-electron chi connectivity index (χ3n) is 7.08. The smallest absolute Gasteiger partial charge is 0.289 e. The molecule has 2 aliphatic rings. The second kappa shape index (κ2) is 8.89. The summed E-state index contributed by atoms with van der Waals surface area (Å²) >= 11 is 0. The van der Waals surface area contributed by atoms with Gasteiger partial charge in [0.15, 0.2) is 11.4 Å². The molecule has 172 valence electrons. The van der Waals surface area contributed by atoms with E-state index < -0.39 is 20.0 Å². The fourth-order valence-electron chi connectivity index (χ4n) is 5.47.